The first-order chi connectivity index (χ1) is 9.62. The van der Waals surface area contributed by atoms with Crippen LogP contribution in [0.15, 0.2) is 30.3 Å². The van der Waals surface area contributed by atoms with E-state index in [9.17, 15) is 0 Å². The van der Waals surface area contributed by atoms with Gasteiger partial charge in [0.05, 0.1) is 12.8 Å². The van der Waals surface area contributed by atoms with Gasteiger partial charge in [-0.05, 0) is 44.0 Å². The number of hydrogen-bond donors (Lipinski definition) is 1. The molecule has 1 heterocycles. The van der Waals surface area contributed by atoms with E-state index < -0.39 is 0 Å². The van der Waals surface area contributed by atoms with Crippen molar-refractivity contribution in [2.24, 2.45) is 5.73 Å². The van der Waals surface area contributed by atoms with Gasteiger partial charge >= 0.3 is 0 Å². The highest BCUT2D eigenvalue weighted by Gasteiger charge is 2.10. The lowest BCUT2D eigenvalue weighted by Gasteiger charge is -2.13. The van der Waals surface area contributed by atoms with Gasteiger partial charge in [-0.1, -0.05) is 12.1 Å². The Morgan fingerprint density at radius 2 is 1.95 bits per heavy atom. The molecule has 2 aromatic rings. The highest BCUT2D eigenvalue weighted by atomic mass is 16.5. The molecule has 1 aromatic carbocycles. The minimum absolute atomic E-state index is 0.102. The van der Waals surface area contributed by atoms with Crippen LogP contribution < -0.4 is 10.5 Å². The normalized spacial score (nSPS) is 12.4. The lowest BCUT2D eigenvalue weighted by atomic mass is 10.0. The molecule has 4 heteroatoms. The number of aromatic nitrogens is 2. The number of nitrogens with zero attached hydrogens (tertiary/aromatic N) is 2. The fourth-order valence-electron chi connectivity index (χ4n) is 2.44. The second-order valence-electron chi connectivity index (χ2n) is 5.11. The molecule has 0 bridgehead atoms. The van der Waals surface area contributed by atoms with Gasteiger partial charge in [-0.2, -0.15) is 5.10 Å². The van der Waals surface area contributed by atoms with Crippen molar-refractivity contribution in [3.05, 3.63) is 47.3 Å². The molecule has 0 saturated carbocycles. The van der Waals surface area contributed by atoms with Crippen LogP contribution in [0.25, 0.3) is 0 Å². The Morgan fingerprint density at radius 3 is 2.55 bits per heavy atom. The molecule has 0 amide bonds. The van der Waals surface area contributed by atoms with Crippen LogP contribution in [0.3, 0.4) is 0 Å². The first-order valence-electron chi connectivity index (χ1n) is 7.04. The average molecular weight is 273 g/mol. The van der Waals surface area contributed by atoms with Gasteiger partial charge in [0.25, 0.3) is 0 Å². The SMILES string of the molecule is CCn1nc(C)cc1CC(N)Cc1ccc(OC)cc1. The number of hydrogen-bond acceptors (Lipinski definition) is 3. The van der Waals surface area contributed by atoms with E-state index in [0.29, 0.717) is 0 Å². The second-order valence-corrected chi connectivity index (χ2v) is 5.11. The van der Waals surface area contributed by atoms with Crippen molar-refractivity contribution in [1.82, 2.24) is 9.78 Å². The van der Waals surface area contributed by atoms with Gasteiger partial charge in [0.15, 0.2) is 0 Å². The minimum Gasteiger partial charge on any atom is -0.497 e. The summed E-state index contributed by atoms with van der Waals surface area (Å²) in [5, 5.41) is 4.46. The fourth-order valence-corrected chi connectivity index (χ4v) is 2.44. The van der Waals surface area contributed by atoms with E-state index in [2.05, 4.69) is 30.2 Å². The number of benzene rings is 1. The Kier molecular flexibility index (Phi) is 4.79. The topological polar surface area (TPSA) is 53.1 Å². The van der Waals surface area contributed by atoms with E-state index in [1.54, 1.807) is 7.11 Å². The van der Waals surface area contributed by atoms with E-state index >= 15 is 0 Å². The molecule has 0 aliphatic carbocycles. The Morgan fingerprint density at radius 1 is 1.25 bits per heavy atom. The third-order valence-corrected chi connectivity index (χ3v) is 3.41. The predicted octanol–water partition coefficient (Wildman–Crippen LogP) is 2.33. The number of nitrogens with two attached hydrogens (primary N) is 1. The summed E-state index contributed by atoms with van der Waals surface area (Å²) < 4.78 is 7.19. The van der Waals surface area contributed by atoms with Gasteiger partial charge in [-0.3, -0.25) is 4.68 Å². The summed E-state index contributed by atoms with van der Waals surface area (Å²) in [4.78, 5) is 0. The molecule has 1 aromatic heterocycles. The monoisotopic (exact) mass is 273 g/mol. The molecule has 0 saturated heterocycles. The van der Waals surface area contributed by atoms with E-state index in [1.807, 2.05) is 23.7 Å². The molecule has 1 atom stereocenters. The molecule has 0 aliphatic rings. The quantitative estimate of drug-likeness (QED) is 0.879. The summed E-state index contributed by atoms with van der Waals surface area (Å²) in [7, 11) is 1.68. The number of rotatable bonds is 6. The minimum atomic E-state index is 0.102. The van der Waals surface area contributed by atoms with E-state index in [-0.39, 0.29) is 6.04 Å². The first kappa shape index (κ1) is 14.6. The molecule has 108 valence electrons. The van der Waals surface area contributed by atoms with Crippen LogP contribution >= 0.6 is 0 Å². The van der Waals surface area contributed by atoms with Crippen molar-refractivity contribution in [1.29, 1.82) is 0 Å². The summed E-state index contributed by atoms with van der Waals surface area (Å²) in [6.07, 6.45) is 1.71. The van der Waals surface area contributed by atoms with Crippen LogP contribution in [-0.2, 0) is 19.4 Å². The molecule has 20 heavy (non-hydrogen) atoms. The first-order valence-corrected chi connectivity index (χ1v) is 7.04. The summed E-state index contributed by atoms with van der Waals surface area (Å²) >= 11 is 0. The van der Waals surface area contributed by atoms with Gasteiger partial charge in [-0.25, -0.2) is 0 Å². The Labute approximate surface area is 120 Å². The molecule has 2 rings (SSSR count). The maximum absolute atomic E-state index is 6.27. The molecular weight excluding hydrogens is 250 g/mol. The van der Waals surface area contributed by atoms with E-state index in [4.69, 9.17) is 10.5 Å². The van der Waals surface area contributed by atoms with Crippen molar-refractivity contribution in [2.45, 2.75) is 39.3 Å². The predicted molar refractivity (Wildman–Crippen MR) is 81.0 cm³/mol. The van der Waals surface area contributed by atoms with Crippen LogP contribution in [0.2, 0.25) is 0 Å². The van der Waals surface area contributed by atoms with Crippen molar-refractivity contribution in [2.75, 3.05) is 7.11 Å². The summed E-state index contributed by atoms with van der Waals surface area (Å²) in [5.41, 5.74) is 9.77. The van der Waals surface area contributed by atoms with Crippen LogP contribution in [-0.4, -0.2) is 22.9 Å². The Bertz CT molecular complexity index is 545. The van der Waals surface area contributed by atoms with Gasteiger partial charge < -0.3 is 10.5 Å². The third kappa shape index (κ3) is 3.61. The summed E-state index contributed by atoms with van der Waals surface area (Å²) in [6, 6.07) is 10.3. The summed E-state index contributed by atoms with van der Waals surface area (Å²) in [6.45, 7) is 5.01. The van der Waals surface area contributed by atoms with Gasteiger partial charge in [0, 0.05) is 24.7 Å². The van der Waals surface area contributed by atoms with Crippen molar-refractivity contribution < 1.29 is 4.74 Å². The average Bonchev–Trinajstić information content (AvgIpc) is 2.79. The lowest BCUT2D eigenvalue weighted by molar-refractivity contribution is 0.414. The molecule has 4 nitrogen and oxygen atoms in total. The van der Waals surface area contributed by atoms with Crippen molar-refractivity contribution >= 4 is 0 Å². The van der Waals surface area contributed by atoms with E-state index in [0.717, 1.165) is 30.8 Å². The molecule has 0 spiro atoms. The fraction of sp³-hybridized carbons (Fsp3) is 0.438. The molecule has 0 fully saturated rings. The largest absolute Gasteiger partial charge is 0.497 e. The van der Waals surface area contributed by atoms with Crippen molar-refractivity contribution in [3.63, 3.8) is 0 Å². The number of methoxy groups -OCH3 is 1. The smallest absolute Gasteiger partial charge is 0.118 e. The second kappa shape index (κ2) is 6.57. The zero-order chi connectivity index (χ0) is 14.5. The van der Waals surface area contributed by atoms with Gasteiger partial charge in [-0.15, -0.1) is 0 Å². The van der Waals surface area contributed by atoms with Crippen LogP contribution in [0.5, 0.6) is 5.75 Å². The molecule has 1 unspecified atom stereocenters. The van der Waals surface area contributed by atoms with Gasteiger partial charge in [0.1, 0.15) is 5.75 Å². The zero-order valence-electron chi connectivity index (χ0n) is 12.5. The molecule has 2 N–H and O–H groups in total. The third-order valence-electron chi connectivity index (χ3n) is 3.41. The highest BCUT2D eigenvalue weighted by molar-refractivity contribution is 5.27. The summed E-state index contributed by atoms with van der Waals surface area (Å²) in [5.74, 6) is 0.877. The van der Waals surface area contributed by atoms with Crippen LogP contribution in [0.1, 0.15) is 23.9 Å². The van der Waals surface area contributed by atoms with Gasteiger partial charge in [0.2, 0.25) is 0 Å². The zero-order valence-corrected chi connectivity index (χ0v) is 12.5. The molecule has 0 radical (unpaired) electrons. The van der Waals surface area contributed by atoms with Crippen LogP contribution in [0, 0.1) is 6.92 Å². The maximum Gasteiger partial charge on any atom is 0.118 e. The van der Waals surface area contributed by atoms with E-state index in [1.165, 1.54) is 11.3 Å². The van der Waals surface area contributed by atoms with Crippen molar-refractivity contribution in [3.8, 4) is 5.75 Å². The molecular formula is C16H23N3O. The maximum atomic E-state index is 6.27. The standard InChI is InChI=1S/C16H23N3O/c1-4-19-15(9-12(2)18-19)11-14(17)10-13-5-7-16(20-3)8-6-13/h5-9,14H,4,10-11,17H2,1-3H3. The van der Waals surface area contributed by atoms with Crippen LogP contribution in [0.4, 0.5) is 0 Å². The Hall–Kier alpha value is -1.81. The Balaban J connectivity index is 1.98. The lowest BCUT2D eigenvalue weighted by Crippen LogP contribution is -2.26. The number of aryl methyl sites for hydroxylation is 2. The molecule has 0 aliphatic heterocycles. The number of ether oxygens (including phenoxy) is 1. The highest BCUT2D eigenvalue weighted by Crippen LogP contribution is 2.14.